The minimum Gasteiger partial charge on any atom is -0.458 e. The van der Waals surface area contributed by atoms with E-state index in [4.69, 9.17) is 9.15 Å². The summed E-state index contributed by atoms with van der Waals surface area (Å²) >= 11 is 3.47. The minimum absolute atomic E-state index is 0.0268. The molecule has 1 aromatic carbocycles. The van der Waals surface area contributed by atoms with E-state index in [0.717, 1.165) is 40.8 Å². The molecule has 2 aromatic rings. The number of nitrogens with one attached hydrogen (secondary N) is 1. The molecule has 3 nitrogen and oxygen atoms in total. The first-order chi connectivity index (χ1) is 8.76. The van der Waals surface area contributed by atoms with Crippen LogP contribution in [0.2, 0.25) is 0 Å². The monoisotopic (exact) mass is 309 g/mol. The summed E-state index contributed by atoms with van der Waals surface area (Å²) in [4.78, 5) is 0. The molecule has 0 aliphatic carbocycles. The maximum absolute atomic E-state index is 5.86. The molecule has 3 rings (SSSR count). The van der Waals surface area contributed by atoms with E-state index in [1.54, 1.807) is 0 Å². The van der Waals surface area contributed by atoms with Gasteiger partial charge in [-0.15, -0.1) is 0 Å². The first kappa shape index (κ1) is 12.2. The Balaban J connectivity index is 1.82. The lowest BCUT2D eigenvalue weighted by Crippen LogP contribution is -2.42. The van der Waals surface area contributed by atoms with Crippen molar-refractivity contribution in [2.75, 3.05) is 13.2 Å². The average Bonchev–Trinajstić information content (AvgIpc) is 2.81. The zero-order valence-corrected chi connectivity index (χ0v) is 11.9. The molecule has 1 aromatic heterocycles. The molecular formula is C14H16BrNO2. The molecule has 2 unspecified atom stereocenters. The summed E-state index contributed by atoms with van der Waals surface area (Å²) in [6.45, 7) is 3.74. The van der Waals surface area contributed by atoms with Crippen LogP contribution in [0.1, 0.15) is 25.2 Å². The topological polar surface area (TPSA) is 34.4 Å². The van der Waals surface area contributed by atoms with Crippen LogP contribution in [0.5, 0.6) is 0 Å². The highest BCUT2D eigenvalue weighted by molar-refractivity contribution is 9.10. The Morgan fingerprint density at radius 2 is 2.28 bits per heavy atom. The molecule has 2 heterocycles. The first-order valence-corrected chi connectivity index (χ1v) is 7.09. The summed E-state index contributed by atoms with van der Waals surface area (Å²) in [5.74, 6) is 0.908. The number of halogens is 1. The lowest BCUT2D eigenvalue weighted by molar-refractivity contribution is -0.00858. The minimum atomic E-state index is 0.0268. The number of hydrogen-bond donors (Lipinski definition) is 1. The highest BCUT2D eigenvalue weighted by Crippen LogP contribution is 2.29. The van der Waals surface area contributed by atoms with Crippen molar-refractivity contribution in [1.29, 1.82) is 0 Å². The van der Waals surface area contributed by atoms with Gasteiger partial charge in [-0.2, -0.15) is 0 Å². The number of ether oxygens (including phenoxy) is 1. The van der Waals surface area contributed by atoms with Crippen molar-refractivity contribution in [3.05, 3.63) is 34.5 Å². The second-order valence-corrected chi connectivity index (χ2v) is 5.58. The number of furan rings is 1. The largest absolute Gasteiger partial charge is 0.458 e. The van der Waals surface area contributed by atoms with Gasteiger partial charge in [-0.25, -0.2) is 0 Å². The molecule has 1 aliphatic rings. The van der Waals surface area contributed by atoms with Gasteiger partial charge in [-0.1, -0.05) is 22.9 Å². The molecule has 0 bridgehead atoms. The lowest BCUT2D eigenvalue weighted by atomic mass is 10.1. The molecule has 0 spiro atoms. The molecule has 1 aliphatic heterocycles. The van der Waals surface area contributed by atoms with Crippen molar-refractivity contribution >= 4 is 26.9 Å². The Kier molecular flexibility index (Phi) is 3.41. The SMILES string of the molecule is CCC1COC(c2cc3cc(Br)ccc3o2)CN1. The number of fused-ring (bicyclic) bond motifs is 1. The van der Waals surface area contributed by atoms with E-state index in [9.17, 15) is 0 Å². The fraction of sp³-hybridized carbons (Fsp3) is 0.429. The highest BCUT2D eigenvalue weighted by atomic mass is 79.9. The van der Waals surface area contributed by atoms with Crippen molar-refractivity contribution in [2.24, 2.45) is 0 Å². The number of benzene rings is 1. The van der Waals surface area contributed by atoms with Gasteiger partial charge in [-0.05, 0) is 30.7 Å². The normalized spacial score (nSPS) is 24.6. The van der Waals surface area contributed by atoms with Crippen LogP contribution in [-0.2, 0) is 4.74 Å². The van der Waals surface area contributed by atoms with Gasteiger partial charge >= 0.3 is 0 Å². The fourth-order valence-electron chi connectivity index (χ4n) is 2.26. The summed E-state index contributed by atoms with van der Waals surface area (Å²) in [6.07, 6.45) is 1.12. The van der Waals surface area contributed by atoms with Crippen LogP contribution in [-0.4, -0.2) is 19.2 Å². The van der Waals surface area contributed by atoms with Crippen LogP contribution in [0.4, 0.5) is 0 Å². The molecule has 18 heavy (non-hydrogen) atoms. The summed E-state index contributed by atoms with van der Waals surface area (Å²) in [5, 5.41) is 4.59. The molecule has 0 radical (unpaired) electrons. The van der Waals surface area contributed by atoms with E-state index in [1.165, 1.54) is 0 Å². The van der Waals surface area contributed by atoms with E-state index < -0.39 is 0 Å². The van der Waals surface area contributed by atoms with E-state index in [2.05, 4.69) is 40.3 Å². The van der Waals surface area contributed by atoms with Crippen LogP contribution >= 0.6 is 15.9 Å². The van der Waals surface area contributed by atoms with Crippen molar-refractivity contribution in [3.8, 4) is 0 Å². The fourth-order valence-corrected chi connectivity index (χ4v) is 2.64. The predicted molar refractivity (Wildman–Crippen MR) is 74.7 cm³/mol. The van der Waals surface area contributed by atoms with E-state index in [0.29, 0.717) is 6.04 Å². The zero-order valence-electron chi connectivity index (χ0n) is 10.3. The molecule has 2 atom stereocenters. The Hall–Kier alpha value is -0.840. The van der Waals surface area contributed by atoms with Crippen molar-refractivity contribution in [2.45, 2.75) is 25.5 Å². The molecule has 1 saturated heterocycles. The smallest absolute Gasteiger partial charge is 0.135 e. The van der Waals surface area contributed by atoms with Gasteiger partial charge in [0.1, 0.15) is 17.4 Å². The van der Waals surface area contributed by atoms with E-state index in [-0.39, 0.29) is 6.10 Å². The molecule has 4 heteroatoms. The summed E-state index contributed by atoms with van der Waals surface area (Å²) in [7, 11) is 0. The first-order valence-electron chi connectivity index (χ1n) is 6.30. The summed E-state index contributed by atoms with van der Waals surface area (Å²) < 4.78 is 12.8. The van der Waals surface area contributed by atoms with Crippen LogP contribution in [0, 0.1) is 0 Å². The third kappa shape index (κ3) is 2.32. The van der Waals surface area contributed by atoms with Crippen molar-refractivity contribution < 1.29 is 9.15 Å². The Morgan fingerprint density at radius 1 is 1.39 bits per heavy atom. The van der Waals surface area contributed by atoms with Crippen LogP contribution < -0.4 is 5.32 Å². The predicted octanol–water partition coefficient (Wildman–Crippen LogP) is 3.63. The van der Waals surface area contributed by atoms with Gasteiger partial charge in [0.15, 0.2) is 0 Å². The van der Waals surface area contributed by atoms with Gasteiger partial charge in [-0.3, -0.25) is 0 Å². The Morgan fingerprint density at radius 3 is 3.00 bits per heavy atom. The second kappa shape index (κ2) is 5.03. The van der Waals surface area contributed by atoms with Gasteiger partial charge in [0.25, 0.3) is 0 Å². The van der Waals surface area contributed by atoms with Crippen molar-refractivity contribution in [1.82, 2.24) is 5.32 Å². The average molecular weight is 310 g/mol. The lowest BCUT2D eigenvalue weighted by Gasteiger charge is -2.28. The molecule has 1 fully saturated rings. The molecule has 0 saturated carbocycles. The maximum atomic E-state index is 5.86. The number of morpholine rings is 1. The van der Waals surface area contributed by atoms with Gasteiger partial charge in [0.2, 0.25) is 0 Å². The molecular weight excluding hydrogens is 294 g/mol. The quantitative estimate of drug-likeness (QED) is 0.920. The van der Waals surface area contributed by atoms with Gasteiger partial charge in [0, 0.05) is 22.4 Å². The van der Waals surface area contributed by atoms with E-state index >= 15 is 0 Å². The molecule has 96 valence electrons. The van der Waals surface area contributed by atoms with Gasteiger partial charge in [0.05, 0.1) is 6.61 Å². The summed E-state index contributed by atoms with van der Waals surface area (Å²) in [6, 6.07) is 8.57. The second-order valence-electron chi connectivity index (χ2n) is 4.67. The maximum Gasteiger partial charge on any atom is 0.135 e. The Labute approximate surface area is 115 Å². The van der Waals surface area contributed by atoms with Gasteiger partial charge < -0.3 is 14.5 Å². The third-order valence-electron chi connectivity index (χ3n) is 3.40. The van der Waals surface area contributed by atoms with Crippen LogP contribution in [0.15, 0.2) is 33.2 Å². The van der Waals surface area contributed by atoms with Crippen LogP contribution in [0.25, 0.3) is 11.0 Å². The standard InChI is InChI=1S/C14H16BrNO2/c1-2-11-8-17-14(7-16-11)13-6-9-5-10(15)3-4-12(9)18-13/h3-6,11,14,16H,2,7-8H2,1H3. The zero-order chi connectivity index (χ0) is 12.5. The molecule has 0 amide bonds. The number of rotatable bonds is 2. The molecule has 1 N–H and O–H groups in total. The Bertz CT molecular complexity index is 544. The third-order valence-corrected chi connectivity index (χ3v) is 3.89. The summed E-state index contributed by atoms with van der Waals surface area (Å²) in [5.41, 5.74) is 0.911. The highest BCUT2D eigenvalue weighted by Gasteiger charge is 2.23. The number of hydrogen-bond acceptors (Lipinski definition) is 3. The van der Waals surface area contributed by atoms with Crippen LogP contribution in [0.3, 0.4) is 0 Å². The van der Waals surface area contributed by atoms with E-state index in [1.807, 2.05) is 12.1 Å². The van der Waals surface area contributed by atoms with Crippen molar-refractivity contribution in [3.63, 3.8) is 0 Å².